The van der Waals surface area contributed by atoms with Gasteiger partial charge in [0.15, 0.2) is 0 Å². The topological polar surface area (TPSA) is 95.0 Å². The van der Waals surface area contributed by atoms with E-state index in [0.29, 0.717) is 16.8 Å². The number of pyridine rings is 1. The third-order valence-electron chi connectivity index (χ3n) is 3.20. The van der Waals surface area contributed by atoms with E-state index in [1.165, 1.54) is 0 Å². The Hall–Kier alpha value is -2.55. The predicted octanol–water partition coefficient (Wildman–Crippen LogP) is 1.38. The lowest BCUT2D eigenvalue weighted by molar-refractivity contribution is -0.139. The predicted molar refractivity (Wildman–Crippen MR) is 73.0 cm³/mol. The molecule has 1 aromatic rings. The molecule has 104 valence electrons. The summed E-state index contributed by atoms with van der Waals surface area (Å²) in [4.78, 5) is 26.4. The molecule has 6 heteroatoms. The standard InChI is InChI=1S/C14H15N3O3/c1-8-7-16-13(18)11-6-10(9(2)17-12(8)11)14(19)20-5-3-4-15/h7,17H,3,5-6H2,1-2H3,(H,16,18). The van der Waals surface area contributed by atoms with Crippen LogP contribution in [0.4, 0.5) is 5.69 Å². The van der Waals surface area contributed by atoms with Crippen molar-refractivity contribution in [3.8, 4) is 6.07 Å². The molecule has 0 saturated carbocycles. The van der Waals surface area contributed by atoms with Gasteiger partial charge >= 0.3 is 5.97 Å². The van der Waals surface area contributed by atoms with Crippen LogP contribution in [0.3, 0.4) is 0 Å². The number of carbonyl (C=O) groups is 1. The number of esters is 1. The molecule has 1 aliphatic heterocycles. The van der Waals surface area contributed by atoms with Gasteiger partial charge in [-0.3, -0.25) is 4.79 Å². The zero-order chi connectivity index (χ0) is 14.7. The zero-order valence-electron chi connectivity index (χ0n) is 11.4. The van der Waals surface area contributed by atoms with E-state index in [4.69, 9.17) is 10.00 Å². The third-order valence-corrected chi connectivity index (χ3v) is 3.20. The van der Waals surface area contributed by atoms with E-state index in [2.05, 4.69) is 10.3 Å². The Morgan fingerprint density at radius 2 is 2.25 bits per heavy atom. The highest BCUT2D eigenvalue weighted by atomic mass is 16.5. The van der Waals surface area contributed by atoms with E-state index in [1.807, 2.05) is 13.0 Å². The minimum atomic E-state index is -0.489. The highest BCUT2D eigenvalue weighted by Crippen LogP contribution is 2.27. The van der Waals surface area contributed by atoms with Crippen LogP contribution in [-0.4, -0.2) is 17.6 Å². The van der Waals surface area contributed by atoms with Gasteiger partial charge in [-0.25, -0.2) is 4.79 Å². The van der Waals surface area contributed by atoms with Crippen molar-refractivity contribution in [2.75, 3.05) is 11.9 Å². The van der Waals surface area contributed by atoms with Crippen LogP contribution in [0.2, 0.25) is 0 Å². The molecule has 2 rings (SSSR count). The van der Waals surface area contributed by atoms with Gasteiger partial charge in [0.05, 0.1) is 23.8 Å². The number of rotatable bonds is 3. The summed E-state index contributed by atoms with van der Waals surface area (Å²) in [6.45, 7) is 3.71. The molecule has 1 aromatic heterocycles. The number of aromatic amines is 1. The van der Waals surface area contributed by atoms with E-state index in [-0.39, 0.29) is 25.0 Å². The molecule has 0 atom stereocenters. The number of ether oxygens (including phenoxy) is 1. The van der Waals surface area contributed by atoms with Crippen LogP contribution in [-0.2, 0) is 16.0 Å². The SMILES string of the molecule is CC1=C(C(=O)OCCC#N)Cc2c(c(C)c[nH]c2=O)N1. The lowest BCUT2D eigenvalue weighted by atomic mass is 9.97. The van der Waals surface area contributed by atoms with Crippen molar-refractivity contribution >= 4 is 11.7 Å². The molecule has 6 nitrogen and oxygen atoms in total. The van der Waals surface area contributed by atoms with Crippen molar-refractivity contribution in [1.29, 1.82) is 5.26 Å². The molecule has 0 spiro atoms. The first kappa shape index (κ1) is 13.9. The molecule has 0 amide bonds. The second kappa shape index (κ2) is 5.61. The number of hydrogen-bond acceptors (Lipinski definition) is 5. The molecular formula is C14H15N3O3. The average molecular weight is 273 g/mol. The monoisotopic (exact) mass is 273 g/mol. The smallest absolute Gasteiger partial charge is 0.336 e. The number of anilines is 1. The number of allylic oxidation sites excluding steroid dienone is 1. The van der Waals surface area contributed by atoms with Gasteiger partial charge in [-0.1, -0.05) is 0 Å². The summed E-state index contributed by atoms with van der Waals surface area (Å²) < 4.78 is 5.01. The lowest BCUT2D eigenvalue weighted by Crippen LogP contribution is -2.26. The molecule has 2 heterocycles. The fraction of sp³-hybridized carbons (Fsp3) is 0.357. The Kier molecular flexibility index (Phi) is 3.89. The largest absolute Gasteiger partial charge is 0.461 e. The van der Waals surface area contributed by atoms with E-state index >= 15 is 0 Å². The minimum Gasteiger partial charge on any atom is -0.461 e. The number of aryl methyl sites for hydroxylation is 1. The van der Waals surface area contributed by atoms with Gasteiger partial charge in [0.2, 0.25) is 0 Å². The first-order valence-electron chi connectivity index (χ1n) is 6.26. The Morgan fingerprint density at radius 1 is 1.50 bits per heavy atom. The summed E-state index contributed by atoms with van der Waals surface area (Å²) in [7, 11) is 0. The number of nitrogens with zero attached hydrogens (tertiary/aromatic N) is 1. The van der Waals surface area contributed by atoms with Gasteiger partial charge in [-0.15, -0.1) is 0 Å². The molecule has 0 bridgehead atoms. The number of H-pyrrole nitrogens is 1. The van der Waals surface area contributed by atoms with Crippen molar-refractivity contribution < 1.29 is 9.53 Å². The number of fused-ring (bicyclic) bond motifs is 1. The quantitative estimate of drug-likeness (QED) is 0.641. The van der Waals surface area contributed by atoms with E-state index < -0.39 is 5.97 Å². The second-order valence-corrected chi connectivity index (χ2v) is 4.60. The molecular weight excluding hydrogens is 258 g/mol. The second-order valence-electron chi connectivity index (χ2n) is 4.60. The highest BCUT2D eigenvalue weighted by Gasteiger charge is 2.24. The first-order valence-corrected chi connectivity index (χ1v) is 6.26. The van der Waals surface area contributed by atoms with Crippen LogP contribution in [0, 0.1) is 18.3 Å². The van der Waals surface area contributed by atoms with Crippen LogP contribution in [0.1, 0.15) is 24.5 Å². The Labute approximate surface area is 116 Å². The Bertz CT molecular complexity index is 680. The van der Waals surface area contributed by atoms with Gasteiger partial charge in [0.1, 0.15) is 6.61 Å². The fourth-order valence-electron chi connectivity index (χ4n) is 2.10. The molecule has 20 heavy (non-hydrogen) atoms. The molecule has 1 aliphatic rings. The average Bonchev–Trinajstić information content (AvgIpc) is 2.43. The highest BCUT2D eigenvalue weighted by molar-refractivity contribution is 5.92. The van der Waals surface area contributed by atoms with Crippen LogP contribution < -0.4 is 10.9 Å². The van der Waals surface area contributed by atoms with Gasteiger partial charge < -0.3 is 15.0 Å². The molecule has 0 aromatic carbocycles. The number of nitriles is 1. The van der Waals surface area contributed by atoms with Gasteiger partial charge in [0.25, 0.3) is 5.56 Å². The van der Waals surface area contributed by atoms with Crippen LogP contribution in [0.5, 0.6) is 0 Å². The van der Waals surface area contributed by atoms with Crippen molar-refractivity contribution in [1.82, 2.24) is 4.98 Å². The normalized spacial score (nSPS) is 13.2. The minimum absolute atomic E-state index is 0.0587. The van der Waals surface area contributed by atoms with Crippen LogP contribution >= 0.6 is 0 Å². The van der Waals surface area contributed by atoms with Crippen molar-refractivity contribution in [2.24, 2.45) is 0 Å². The number of nitrogens with one attached hydrogen (secondary N) is 2. The lowest BCUT2D eigenvalue weighted by Gasteiger charge is -2.22. The summed E-state index contributed by atoms with van der Waals surface area (Å²) in [6.07, 6.45) is 2.02. The summed E-state index contributed by atoms with van der Waals surface area (Å²) in [6, 6.07) is 1.91. The fourth-order valence-corrected chi connectivity index (χ4v) is 2.10. The van der Waals surface area contributed by atoms with E-state index in [1.54, 1.807) is 13.1 Å². The maximum absolute atomic E-state index is 11.9. The van der Waals surface area contributed by atoms with Gasteiger partial charge in [-0.2, -0.15) is 5.26 Å². The molecule has 0 saturated heterocycles. The number of carbonyl (C=O) groups excluding carboxylic acids is 1. The van der Waals surface area contributed by atoms with E-state index in [0.717, 1.165) is 11.3 Å². The molecule has 2 N–H and O–H groups in total. The molecule has 0 unspecified atom stereocenters. The van der Waals surface area contributed by atoms with Gasteiger partial charge in [0, 0.05) is 23.9 Å². The summed E-state index contributed by atoms with van der Waals surface area (Å²) in [5.41, 5.74) is 3.08. The van der Waals surface area contributed by atoms with Crippen molar-refractivity contribution in [3.63, 3.8) is 0 Å². The summed E-state index contributed by atoms with van der Waals surface area (Å²) >= 11 is 0. The van der Waals surface area contributed by atoms with Crippen molar-refractivity contribution in [2.45, 2.75) is 26.7 Å². The number of hydrogen-bond donors (Lipinski definition) is 2. The Balaban J connectivity index is 2.26. The maximum atomic E-state index is 11.9. The van der Waals surface area contributed by atoms with Crippen LogP contribution in [0.15, 0.2) is 22.3 Å². The summed E-state index contributed by atoms with van der Waals surface area (Å²) in [5.74, 6) is -0.489. The maximum Gasteiger partial charge on any atom is 0.336 e. The Morgan fingerprint density at radius 3 is 2.95 bits per heavy atom. The first-order chi connectivity index (χ1) is 9.54. The zero-order valence-corrected chi connectivity index (χ0v) is 11.4. The molecule has 0 aliphatic carbocycles. The number of aromatic nitrogens is 1. The molecule has 0 fully saturated rings. The third kappa shape index (κ3) is 2.57. The van der Waals surface area contributed by atoms with Crippen molar-refractivity contribution in [3.05, 3.63) is 38.9 Å². The van der Waals surface area contributed by atoms with E-state index in [9.17, 15) is 9.59 Å². The van der Waals surface area contributed by atoms with Crippen LogP contribution in [0.25, 0.3) is 0 Å². The van der Waals surface area contributed by atoms with Gasteiger partial charge in [-0.05, 0) is 19.4 Å². The summed E-state index contributed by atoms with van der Waals surface area (Å²) in [5, 5.41) is 11.5. The molecule has 0 radical (unpaired) electrons.